The Morgan fingerprint density at radius 3 is 2.59 bits per heavy atom. The van der Waals surface area contributed by atoms with E-state index in [0.717, 1.165) is 5.57 Å². The molecule has 4 nitrogen and oxygen atoms in total. The molecule has 0 aliphatic rings. The normalized spacial score (nSPS) is 11.5. The molecule has 0 saturated heterocycles. The minimum absolute atomic E-state index is 0.0619. The highest BCUT2D eigenvalue weighted by molar-refractivity contribution is 7.89. The Hall–Kier alpha value is -1.04. The average Bonchev–Trinajstić information content (AvgIpc) is 2.22. The Bertz CT molecular complexity index is 530. The fourth-order valence-electron chi connectivity index (χ4n) is 1.13. The van der Waals surface area contributed by atoms with Gasteiger partial charge < -0.3 is 5.73 Å². The Kier molecular flexibility index (Phi) is 4.19. The van der Waals surface area contributed by atoms with Crippen LogP contribution in [0.2, 0.25) is 5.02 Å². The standard InChI is InChI=1S/C11H15ClN2O2S/c1-7(2)6-14-17(15,16)9-4-10(12)8(3)11(13)5-9/h4-5,14H,1,6,13H2,2-3H3. The van der Waals surface area contributed by atoms with Crippen LogP contribution in [0, 0.1) is 6.92 Å². The van der Waals surface area contributed by atoms with Crippen LogP contribution in [0.15, 0.2) is 29.2 Å². The minimum atomic E-state index is -3.59. The van der Waals surface area contributed by atoms with Crippen molar-refractivity contribution >= 4 is 27.3 Å². The molecule has 0 amide bonds. The second-order valence-electron chi connectivity index (χ2n) is 3.90. The highest BCUT2D eigenvalue weighted by Gasteiger charge is 2.16. The molecule has 0 spiro atoms. The summed E-state index contributed by atoms with van der Waals surface area (Å²) in [5, 5.41) is 0.334. The lowest BCUT2D eigenvalue weighted by Crippen LogP contribution is -2.25. The molecular weight excluding hydrogens is 260 g/mol. The highest BCUT2D eigenvalue weighted by Crippen LogP contribution is 2.25. The van der Waals surface area contributed by atoms with Gasteiger partial charge in [0.05, 0.1) is 4.90 Å². The van der Waals surface area contributed by atoms with Crippen molar-refractivity contribution in [3.05, 3.63) is 34.9 Å². The first-order valence-corrected chi connectivity index (χ1v) is 6.80. The van der Waals surface area contributed by atoms with Crippen molar-refractivity contribution in [3.8, 4) is 0 Å². The largest absolute Gasteiger partial charge is 0.398 e. The van der Waals surface area contributed by atoms with Crippen LogP contribution < -0.4 is 10.5 Å². The van der Waals surface area contributed by atoms with E-state index in [9.17, 15) is 8.42 Å². The molecule has 17 heavy (non-hydrogen) atoms. The predicted molar refractivity (Wildman–Crippen MR) is 70.6 cm³/mol. The first-order valence-electron chi connectivity index (χ1n) is 4.93. The van der Waals surface area contributed by atoms with Crippen LogP contribution in [-0.4, -0.2) is 15.0 Å². The van der Waals surface area contributed by atoms with Gasteiger partial charge in [0.1, 0.15) is 0 Å². The van der Waals surface area contributed by atoms with Crippen LogP contribution >= 0.6 is 11.6 Å². The fraction of sp³-hybridized carbons (Fsp3) is 0.273. The molecule has 0 bridgehead atoms. The lowest BCUT2D eigenvalue weighted by Gasteiger charge is -2.09. The number of nitrogen functional groups attached to an aromatic ring is 1. The monoisotopic (exact) mass is 274 g/mol. The Labute approximate surface area is 107 Å². The van der Waals surface area contributed by atoms with Gasteiger partial charge in [-0.1, -0.05) is 23.8 Å². The molecule has 0 saturated carbocycles. The maximum Gasteiger partial charge on any atom is 0.240 e. The molecule has 0 aliphatic heterocycles. The summed E-state index contributed by atoms with van der Waals surface area (Å²) in [6, 6.07) is 2.77. The molecule has 94 valence electrons. The molecule has 3 N–H and O–H groups in total. The number of benzene rings is 1. The zero-order valence-corrected chi connectivity index (χ0v) is 11.3. The average molecular weight is 275 g/mol. The Morgan fingerprint density at radius 1 is 1.53 bits per heavy atom. The molecule has 0 heterocycles. The van der Waals surface area contributed by atoms with Crippen LogP contribution in [-0.2, 0) is 10.0 Å². The van der Waals surface area contributed by atoms with Gasteiger partial charge in [-0.05, 0) is 31.5 Å². The van der Waals surface area contributed by atoms with Crippen molar-refractivity contribution in [1.29, 1.82) is 0 Å². The second kappa shape index (κ2) is 5.08. The summed E-state index contributed by atoms with van der Waals surface area (Å²) in [7, 11) is -3.59. The van der Waals surface area contributed by atoms with Gasteiger partial charge in [-0.15, -0.1) is 0 Å². The molecular formula is C11H15ClN2O2S. The van der Waals surface area contributed by atoms with Crippen molar-refractivity contribution in [2.24, 2.45) is 0 Å². The highest BCUT2D eigenvalue weighted by atomic mass is 35.5. The molecule has 1 aromatic rings. The molecule has 0 radical (unpaired) electrons. The number of halogens is 1. The van der Waals surface area contributed by atoms with E-state index in [1.54, 1.807) is 13.8 Å². The van der Waals surface area contributed by atoms with E-state index in [0.29, 0.717) is 16.3 Å². The number of hydrogen-bond donors (Lipinski definition) is 2. The van der Waals surface area contributed by atoms with Crippen LogP contribution in [0.3, 0.4) is 0 Å². The number of rotatable bonds is 4. The van der Waals surface area contributed by atoms with Crippen LogP contribution in [0.25, 0.3) is 0 Å². The number of hydrogen-bond acceptors (Lipinski definition) is 3. The summed E-state index contributed by atoms with van der Waals surface area (Å²) in [5.74, 6) is 0. The lowest BCUT2D eigenvalue weighted by atomic mass is 10.2. The molecule has 1 rings (SSSR count). The zero-order chi connectivity index (χ0) is 13.2. The first-order chi connectivity index (χ1) is 7.74. The van der Waals surface area contributed by atoms with E-state index in [2.05, 4.69) is 11.3 Å². The van der Waals surface area contributed by atoms with E-state index in [1.807, 2.05) is 0 Å². The van der Waals surface area contributed by atoms with Gasteiger partial charge in [-0.25, -0.2) is 13.1 Å². The zero-order valence-electron chi connectivity index (χ0n) is 9.75. The van der Waals surface area contributed by atoms with Gasteiger partial charge in [0, 0.05) is 17.3 Å². The van der Waals surface area contributed by atoms with E-state index < -0.39 is 10.0 Å². The summed E-state index contributed by atoms with van der Waals surface area (Å²) in [6.07, 6.45) is 0. The molecule has 0 aromatic heterocycles. The summed E-state index contributed by atoms with van der Waals surface area (Å²) in [4.78, 5) is 0.0619. The molecule has 0 unspecified atom stereocenters. The number of anilines is 1. The van der Waals surface area contributed by atoms with Crippen molar-refractivity contribution < 1.29 is 8.42 Å². The van der Waals surface area contributed by atoms with Gasteiger partial charge in [-0.2, -0.15) is 0 Å². The Balaban J connectivity index is 3.12. The quantitative estimate of drug-likeness (QED) is 0.652. The van der Waals surface area contributed by atoms with Crippen molar-refractivity contribution in [2.75, 3.05) is 12.3 Å². The minimum Gasteiger partial charge on any atom is -0.398 e. The van der Waals surface area contributed by atoms with Gasteiger partial charge in [0.15, 0.2) is 0 Å². The maximum absolute atomic E-state index is 11.9. The van der Waals surface area contributed by atoms with E-state index >= 15 is 0 Å². The lowest BCUT2D eigenvalue weighted by molar-refractivity contribution is 0.584. The predicted octanol–water partition coefficient (Wildman–Crippen LogP) is 2.09. The van der Waals surface area contributed by atoms with Crippen molar-refractivity contribution in [2.45, 2.75) is 18.7 Å². The van der Waals surface area contributed by atoms with Crippen molar-refractivity contribution in [3.63, 3.8) is 0 Å². The molecule has 6 heteroatoms. The van der Waals surface area contributed by atoms with Crippen LogP contribution in [0.4, 0.5) is 5.69 Å². The van der Waals surface area contributed by atoms with E-state index in [-0.39, 0.29) is 11.4 Å². The van der Waals surface area contributed by atoms with Gasteiger partial charge in [-0.3, -0.25) is 0 Å². The number of nitrogens with two attached hydrogens (primary N) is 1. The molecule has 0 fully saturated rings. The number of sulfonamides is 1. The van der Waals surface area contributed by atoms with E-state index in [1.165, 1.54) is 12.1 Å². The van der Waals surface area contributed by atoms with Gasteiger partial charge in [0.2, 0.25) is 10.0 Å². The smallest absolute Gasteiger partial charge is 0.240 e. The van der Waals surface area contributed by atoms with E-state index in [4.69, 9.17) is 17.3 Å². The fourth-order valence-corrected chi connectivity index (χ4v) is 2.58. The third-order valence-corrected chi connectivity index (χ3v) is 4.01. The third kappa shape index (κ3) is 3.46. The van der Waals surface area contributed by atoms with Crippen molar-refractivity contribution in [1.82, 2.24) is 4.72 Å². The summed E-state index contributed by atoms with van der Waals surface area (Å²) < 4.78 is 26.2. The molecule has 1 aromatic carbocycles. The summed E-state index contributed by atoms with van der Waals surface area (Å²) in [5.41, 5.74) is 7.43. The molecule has 0 atom stereocenters. The van der Waals surface area contributed by atoms with Crippen LogP contribution in [0.5, 0.6) is 0 Å². The summed E-state index contributed by atoms with van der Waals surface area (Å²) in [6.45, 7) is 7.28. The van der Waals surface area contributed by atoms with Gasteiger partial charge in [0.25, 0.3) is 0 Å². The summed E-state index contributed by atoms with van der Waals surface area (Å²) >= 11 is 5.90. The topological polar surface area (TPSA) is 72.2 Å². The Morgan fingerprint density at radius 2 is 2.12 bits per heavy atom. The maximum atomic E-state index is 11.9. The first kappa shape index (κ1) is 14.0. The third-order valence-electron chi connectivity index (χ3n) is 2.23. The van der Waals surface area contributed by atoms with Gasteiger partial charge >= 0.3 is 0 Å². The second-order valence-corrected chi connectivity index (χ2v) is 6.08. The SMILES string of the molecule is C=C(C)CNS(=O)(=O)c1cc(N)c(C)c(Cl)c1. The van der Waals surface area contributed by atoms with Crippen LogP contribution in [0.1, 0.15) is 12.5 Å². The number of nitrogens with one attached hydrogen (secondary N) is 1. The molecule has 0 aliphatic carbocycles.